The van der Waals surface area contributed by atoms with E-state index in [2.05, 4.69) is 29.5 Å². The van der Waals surface area contributed by atoms with Crippen molar-refractivity contribution in [3.8, 4) is 0 Å². The second kappa shape index (κ2) is 8.94. The summed E-state index contributed by atoms with van der Waals surface area (Å²) in [5.74, 6) is -0.279. The lowest BCUT2D eigenvalue weighted by Crippen LogP contribution is -2.39. The molecular weight excluding hydrogens is 270 g/mol. The number of pyridine rings is 1. The molecule has 1 aromatic heterocycles. The first-order valence-corrected chi connectivity index (χ1v) is 7.14. The Balaban J connectivity index is 2.37. The number of nitrogens with one attached hydrogen (secondary N) is 2. The van der Waals surface area contributed by atoms with Gasteiger partial charge in [0.15, 0.2) is 0 Å². The molecule has 1 rings (SSSR count). The summed E-state index contributed by atoms with van der Waals surface area (Å²) in [6.07, 6.45) is 4.03. The minimum Gasteiger partial charge on any atom is -0.481 e. The van der Waals surface area contributed by atoms with Gasteiger partial charge < -0.3 is 15.7 Å². The summed E-state index contributed by atoms with van der Waals surface area (Å²) >= 11 is 0. The van der Waals surface area contributed by atoms with E-state index in [0.717, 1.165) is 5.56 Å². The number of carbonyl (C=O) groups is 2. The van der Waals surface area contributed by atoms with Crippen LogP contribution in [0.4, 0.5) is 4.79 Å². The Bertz CT molecular complexity index is 449. The van der Waals surface area contributed by atoms with Gasteiger partial charge in [-0.15, -0.1) is 0 Å². The molecular formula is C15H23N3O3. The summed E-state index contributed by atoms with van der Waals surface area (Å²) in [6.45, 7) is 5.08. The van der Waals surface area contributed by atoms with Crippen LogP contribution in [0.5, 0.6) is 0 Å². The highest BCUT2D eigenvalue weighted by molar-refractivity contribution is 5.74. The molecule has 3 N–H and O–H groups in total. The van der Waals surface area contributed by atoms with Crippen LogP contribution in [0, 0.1) is 5.92 Å². The van der Waals surface area contributed by atoms with Crippen molar-refractivity contribution in [3.05, 3.63) is 30.1 Å². The van der Waals surface area contributed by atoms with Crippen molar-refractivity contribution in [3.63, 3.8) is 0 Å². The van der Waals surface area contributed by atoms with E-state index < -0.39 is 5.97 Å². The molecule has 0 radical (unpaired) electrons. The van der Waals surface area contributed by atoms with Crippen LogP contribution in [0.1, 0.15) is 38.2 Å². The summed E-state index contributed by atoms with van der Waals surface area (Å²) in [4.78, 5) is 26.1. The van der Waals surface area contributed by atoms with E-state index in [1.165, 1.54) is 0 Å². The van der Waals surface area contributed by atoms with E-state index in [-0.39, 0.29) is 18.4 Å². The summed E-state index contributed by atoms with van der Waals surface area (Å²) < 4.78 is 0. The summed E-state index contributed by atoms with van der Waals surface area (Å²) in [5.41, 5.74) is 1.10. The highest BCUT2D eigenvalue weighted by atomic mass is 16.4. The minimum atomic E-state index is -0.853. The number of carbonyl (C=O) groups excluding carboxylic acids is 1. The van der Waals surface area contributed by atoms with Gasteiger partial charge >= 0.3 is 12.0 Å². The fraction of sp³-hybridized carbons (Fsp3) is 0.533. The van der Waals surface area contributed by atoms with E-state index in [1.807, 2.05) is 18.3 Å². The van der Waals surface area contributed by atoms with Crippen LogP contribution in [0.3, 0.4) is 0 Å². The topological polar surface area (TPSA) is 91.3 Å². The number of amides is 2. The van der Waals surface area contributed by atoms with Crippen LogP contribution >= 0.6 is 0 Å². The monoisotopic (exact) mass is 293 g/mol. The summed E-state index contributed by atoms with van der Waals surface area (Å²) in [7, 11) is 0. The zero-order valence-corrected chi connectivity index (χ0v) is 12.5. The lowest BCUT2D eigenvalue weighted by atomic mass is 9.89. The molecule has 0 aromatic carbocycles. The van der Waals surface area contributed by atoms with E-state index >= 15 is 0 Å². The molecule has 1 atom stereocenters. The average Bonchev–Trinajstić information content (AvgIpc) is 2.44. The second-order valence-corrected chi connectivity index (χ2v) is 5.27. The Labute approximate surface area is 125 Å². The molecule has 0 saturated carbocycles. The number of hydrogen-bond donors (Lipinski definition) is 3. The van der Waals surface area contributed by atoms with Crippen molar-refractivity contribution in [2.45, 2.75) is 32.6 Å². The molecule has 0 aliphatic heterocycles. The van der Waals surface area contributed by atoms with Crippen molar-refractivity contribution in [1.29, 1.82) is 0 Å². The zero-order chi connectivity index (χ0) is 15.7. The molecule has 0 aliphatic rings. The SMILES string of the molecule is CC(C)C(CNC(=O)NCCCC(=O)O)c1cccnc1. The van der Waals surface area contributed by atoms with Gasteiger partial charge in [-0.2, -0.15) is 0 Å². The van der Waals surface area contributed by atoms with Gasteiger partial charge in [0.05, 0.1) is 0 Å². The molecule has 0 aliphatic carbocycles. The smallest absolute Gasteiger partial charge is 0.314 e. The van der Waals surface area contributed by atoms with Crippen LogP contribution < -0.4 is 10.6 Å². The Morgan fingerprint density at radius 2 is 2.10 bits per heavy atom. The number of carboxylic acids is 1. The lowest BCUT2D eigenvalue weighted by molar-refractivity contribution is -0.137. The maximum atomic E-state index is 11.7. The first-order valence-electron chi connectivity index (χ1n) is 7.14. The van der Waals surface area contributed by atoms with Gasteiger partial charge in [-0.1, -0.05) is 19.9 Å². The van der Waals surface area contributed by atoms with E-state index in [9.17, 15) is 9.59 Å². The molecule has 2 amide bonds. The zero-order valence-electron chi connectivity index (χ0n) is 12.5. The van der Waals surface area contributed by atoms with Crippen molar-refractivity contribution in [2.24, 2.45) is 5.92 Å². The second-order valence-electron chi connectivity index (χ2n) is 5.27. The van der Waals surface area contributed by atoms with Crippen LogP contribution in [0.15, 0.2) is 24.5 Å². The highest BCUT2D eigenvalue weighted by Crippen LogP contribution is 2.22. The van der Waals surface area contributed by atoms with Gasteiger partial charge in [0.25, 0.3) is 0 Å². The molecule has 0 bridgehead atoms. The summed E-state index contributed by atoms with van der Waals surface area (Å²) in [6, 6.07) is 3.62. The molecule has 116 valence electrons. The van der Waals surface area contributed by atoms with Gasteiger partial charge in [-0.05, 0) is 24.0 Å². The summed E-state index contributed by atoms with van der Waals surface area (Å²) in [5, 5.41) is 14.0. The van der Waals surface area contributed by atoms with Crippen molar-refractivity contribution >= 4 is 12.0 Å². The maximum Gasteiger partial charge on any atom is 0.314 e. The Kier molecular flexibility index (Phi) is 7.21. The first-order chi connectivity index (χ1) is 10.0. The van der Waals surface area contributed by atoms with Gasteiger partial charge in [-0.25, -0.2) is 4.79 Å². The largest absolute Gasteiger partial charge is 0.481 e. The van der Waals surface area contributed by atoms with Gasteiger partial charge in [0.2, 0.25) is 0 Å². The lowest BCUT2D eigenvalue weighted by Gasteiger charge is -2.21. The number of nitrogens with zero attached hydrogens (tertiary/aromatic N) is 1. The Morgan fingerprint density at radius 3 is 2.67 bits per heavy atom. The number of rotatable bonds is 8. The van der Waals surface area contributed by atoms with E-state index in [0.29, 0.717) is 25.4 Å². The van der Waals surface area contributed by atoms with Gasteiger partial charge in [0, 0.05) is 37.8 Å². The van der Waals surface area contributed by atoms with Crippen LogP contribution in [-0.2, 0) is 4.79 Å². The Hall–Kier alpha value is -2.11. The Morgan fingerprint density at radius 1 is 1.33 bits per heavy atom. The number of aromatic nitrogens is 1. The molecule has 0 fully saturated rings. The molecule has 1 heterocycles. The van der Waals surface area contributed by atoms with Crippen molar-refractivity contribution in [1.82, 2.24) is 15.6 Å². The van der Waals surface area contributed by atoms with Gasteiger partial charge in [0.1, 0.15) is 0 Å². The fourth-order valence-corrected chi connectivity index (χ4v) is 2.04. The molecule has 6 heteroatoms. The van der Waals surface area contributed by atoms with Crippen LogP contribution in [-0.4, -0.2) is 35.2 Å². The van der Waals surface area contributed by atoms with E-state index in [1.54, 1.807) is 6.20 Å². The quantitative estimate of drug-likeness (QED) is 0.639. The molecule has 0 spiro atoms. The number of aliphatic carboxylic acids is 1. The normalized spacial score (nSPS) is 12.0. The third kappa shape index (κ3) is 6.74. The molecule has 6 nitrogen and oxygen atoms in total. The molecule has 21 heavy (non-hydrogen) atoms. The van der Waals surface area contributed by atoms with Gasteiger partial charge in [-0.3, -0.25) is 9.78 Å². The molecule has 1 unspecified atom stereocenters. The van der Waals surface area contributed by atoms with Crippen molar-refractivity contribution in [2.75, 3.05) is 13.1 Å². The van der Waals surface area contributed by atoms with Crippen LogP contribution in [0.2, 0.25) is 0 Å². The third-order valence-electron chi connectivity index (χ3n) is 3.25. The molecule has 0 saturated heterocycles. The van der Waals surface area contributed by atoms with Crippen LogP contribution in [0.25, 0.3) is 0 Å². The fourth-order valence-electron chi connectivity index (χ4n) is 2.04. The average molecular weight is 293 g/mol. The van der Waals surface area contributed by atoms with E-state index in [4.69, 9.17) is 5.11 Å². The number of carboxylic acid groups (broad SMARTS) is 1. The minimum absolute atomic E-state index is 0.0601. The highest BCUT2D eigenvalue weighted by Gasteiger charge is 2.16. The standard InChI is InChI=1S/C15H23N3O3/c1-11(2)13(12-5-3-7-16-9-12)10-18-15(21)17-8-4-6-14(19)20/h3,5,7,9,11,13H,4,6,8,10H2,1-2H3,(H,19,20)(H2,17,18,21). The number of hydrogen-bond acceptors (Lipinski definition) is 3. The van der Waals surface area contributed by atoms with Crippen molar-refractivity contribution < 1.29 is 14.7 Å². The maximum absolute atomic E-state index is 11.7. The molecule has 1 aromatic rings. The third-order valence-corrected chi connectivity index (χ3v) is 3.25. The predicted molar refractivity (Wildman–Crippen MR) is 80.1 cm³/mol. The predicted octanol–water partition coefficient (Wildman–Crippen LogP) is 1.99. The first kappa shape index (κ1) is 16.9. The number of urea groups is 1.